The summed E-state index contributed by atoms with van der Waals surface area (Å²) in [6, 6.07) is 7.34. The predicted molar refractivity (Wildman–Crippen MR) is 160 cm³/mol. The second-order valence-corrected chi connectivity index (χ2v) is 11.2. The summed E-state index contributed by atoms with van der Waals surface area (Å²) in [7, 11) is 0. The van der Waals surface area contributed by atoms with E-state index >= 15 is 0 Å². The number of benzene rings is 1. The largest absolute Gasteiger partial charge is 0.381 e. The van der Waals surface area contributed by atoms with Crippen molar-refractivity contribution in [2.24, 2.45) is 16.5 Å². The lowest BCUT2D eigenvalue weighted by Crippen LogP contribution is -2.57. The summed E-state index contributed by atoms with van der Waals surface area (Å²) in [5, 5.41) is 19.4. The van der Waals surface area contributed by atoms with Crippen LogP contribution in [0, 0.1) is 0 Å². The number of aliphatic hydroxyl groups is 1. The van der Waals surface area contributed by atoms with Crippen LogP contribution in [0.4, 0.5) is 0 Å². The van der Waals surface area contributed by atoms with Crippen molar-refractivity contribution < 1.29 is 24.3 Å². The molecule has 2 aliphatic heterocycles. The van der Waals surface area contributed by atoms with Crippen LogP contribution >= 0.6 is 0 Å². The van der Waals surface area contributed by atoms with Crippen molar-refractivity contribution in [2.75, 3.05) is 19.6 Å². The Bertz CT molecular complexity index is 1060. The number of amides is 4. The lowest BCUT2D eigenvalue weighted by atomic mass is 10.0. The summed E-state index contributed by atoms with van der Waals surface area (Å²) in [5.74, 6) is -1.53. The van der Waals surface area contributed by atoms with Crippen LogP contribution in [0.25, 0.3) is 0 Å². The molecular weight excluding hydrogens is 538 g/mol. The summed E-state index contributed by atoms with van der Waals surface area (Å²) >= 11 is 0. The van der Waals surface area contributed by atoms with Crippen LogP contribution in [0.2, 0.25) is 0 Å². The number of aliphatic imine (C=N–C) groups is 1. The number of rotatable bonds is 7. The first kappa shape index (κ1) is 32.8. The normalized spacial score (nSPS) is 25.2. The van der Waals surface area contributed by atoms with Gasteiger partial charge in [0.2, 0.25) is 17.7 Å². The third-order valence-electron chi connectivity index (χ3n) is 7.86. The molecule has 2 fully saturated rings. The maximum Gasteiger partial charge on any atom is 0.250 e. The van der Waals surface area contributed by atoms with Gasteiger partial charge >= 0.3 is 0 Å². The lowest BCUT2D eigenvalue weighted by Gasteiger charge is -2.31. The highest BCUT2D eigenvalue weighted by Crippen LogP contribution is 2.21. The molecule has 0 aromatic heterocycles. The number of nitrogens with zero attached hydrogens (tertiary/aromatic N) is 2. The minimum atomic E-state index is -1.47. The number of nitrogens with two attached hydrogens (primary N) is 2. The highest BCUT2D eigenvalue weighted by Gasteiger charge is 2.39. The van der Waals surface area contributed by atoms with E-state index in [2.05, 4.69) is 20.9 Å². The Kier molecular flexibility index (Phi) is 13.5. The Morgan fingerprint density at radius 1 is 0.929 bits per heavy atom. The van der Waals surface area contributed by atoms with Crippen molar-refractivity contribution in [3.63, 3.8) is 0 Å². The second-order valence-electron chi connectivity index (χ2n) is 11.2. The van der Waals surface area contributed by atoms with Gasteiger partial charge in [-0.1, -0.05) is 49.6 Å². The van der Waals surface area contributed by atoms with E-state index in [4.69, 9.17) is 11.5 Å². The van der Waals surface area contributed by atoms with E-state index < -0.39 is 36.0 Å². The van der Waals surface area contributed by atoms with E-state index in [1.165, 1.54) is 4.90 Å². The van der Waals surface area contributed by atoms with Crippen LogP contribution in [0.15, 0.2) is 35.3 Å². The van der Waals surface area contributed by atoms with Gasteiger partial charge in [-0.15, -0.1) is 0 Å². The van der Waals surface area contributed by atoms with E-state index in [0.29, 0.717) is 58.0 Å². The molecule has 12 nitrogen and oxygen atoms in total. The zero-order valence-electron chi connectivity index (χ0n) is 24.4. The Morgan fingerprint density at radius 3 is 2.43 bits per heavy atom. The first-order valence-corrected chi connectivity index (χ1v) is 15.2. The highest BCUT2D eigenvalue weighted by atomic mass is 16.3. The molecule has 42 heavy (non-hydrogen) atoms. The van der Waals surface area contributed by atoms with Crippen molar-refractivity contribution in [2.45, 2.75) is 101 Å². The summed E-state index contributed by atoms with van der Waals surface area (Å²) in [6.07, 6.45) is 5.67. The van der Waals surface area contributed by atoms with Crippen molar-refractivity contribution >= 4 is 29.6 Å². The first-order valence-electron chi connectivity index (χ1n) is 15.2. The number of fused-ring (bicyclic) bond motifs is 1. The number of aryl methyl sites for hydroxylation is 1. The van der Waals surface area contributed by atoms with Crippen molar-refractivity contribution in [1.82, 2.24) is 20.9 Å². The van der Waals surface area contributed by atoms with E-state index in [0.717, 1.165) is 31.2 Å². The highest BCUT2D eigenvalue weighted by molar-refractivity contribution is 5.93. The van der Waals surface area contributed by atoms with Gasteiger partial charge in [-0.3, -0.25) is 24.2 Å². The molecule has 12 heteroatoms. The van der Waals surface area contributed by atoms with Gasteiger partial charge in [0.15, 0.2) is 12.1 Å². The van der Waals surface area contributed by atoms with Gasteiger partial charge in [-0.05, 0) is 56.9 Å². The maximum atomic E-state index is 13.8. The Labute approximate surface area is 248 Å². The molecule has 1 aromatic carbocycles. The molecule has 1 unspecified atom stereocenters. The molecule has 0 radical (unpaired) electrons. The standard InChI is InChI=1S/C30H47N7O5/c31-30(32)34-19-9-13-22-26(39)28(41)33-18-8-3-1-2-7-15-25(38)35-23(17-16-21-11-5-4-6-12-21)29(42)37-20-10-14-24(37)27(40)36-22/h4-6,11-12,22-24,26,39H,1-3,7-10,13-20H2,(H,33,41)(H,35,38)(H,36,40)(H4,31,32,34)/t22-,23+,24-,26?/m1/s1. The minimum absolute atomic E-state index is 0.0631. The zero-order valence-corrected chi connectivity index (χ0v) is 24.4. The average molecular weight is 586 g/mol. The maximum absolute atomic E-state index is 13.8. The number of hydrogen-bond donors (Lipinski definition) is 6. The quantitative estimate of drug-likeness (QED) is 0.152. The van der Waals surface area contributed by atoms with Gasteiger partial charge in [0.1, 0.15) is 12.1 Å². The molecule has 4 atom stereocenters. The monoisotopic (exact) mass is 585 g/mol. The van der Waals surface area contributed by atoms with Crippen molar-refractivity contribution in [3.8, 4) is 0 Å². The molecular formula is C30H47N7O5. The number of nitrogens with one attached hydrogen (secondary N) is 3. The van der Waals surface area contributed by atoms with E-state index in [9.17, 15) is 24.3 Å². The first-order chi connectivity index (χ1) is 20.3. The van der Waals surface area contributed by atoms with Crippen molar-refractivity contribution in [1.29, 1.82) is 0 Å². The third kappa shape index (κ3) is 10.6. The van der Waals surface area contributed by atoms with Crippen molar-refractivity contribution in [3.05, 3.63) is 35.9 Å². The van der Waals surface area contributed by atoms with Crippen LogP contribution in [0.5, 0.6) is 0 Å². The molecule has 0 bridgehead atoms. The number of carbonyl (C=O) groups excluding carboxylic acids is 4. The van der Waals surface area contributed by atoms with Crippen LogP contribution in [-0.2, 0) is 25.6 Å². The molecule has 232 valence electrons. The van der Waals surface area contributed by atoms with E-state index in [1.807, 2.05) is 30.3 Å². The molecule has 8 N–H and O–H groups in total. The van der Waals surface area contributed by atoms with Gasteiger partial charge in [0, 0.05) is 26.1 Å². The second kappa shape index (κ2) is 17.3. The SMILES string of the molecule is NC(N)=NCCC[C@H]1NC(=O)[C@H]2CCCN2C(=O)[C@H](CCc2ccccc2)NC(=O)CCCCCCCNC(=O)C1O. The fraction of sp³-hybridized carbons (Fsp3) is 0.633. The van der Waals surface area contributed by atoms with Crippen LogP contribution in [0.1, 0.15) is 76.2 Å². The predicted octanol–water partition coefficient (Wildman–Crippen LogP) is 0.465. The summed E-state index contributed by atoms with van der Waals surface area (Å²) in [6.45, 7) is 1.06. The van der Waals surface area contributed by atoms with E-state index in [1.54, 1.807) is 0 Å². The molecule has 2 saturated heterocycles. The Morgan fingerprint density at radius 2 is 1.67 bits per heavy atom. The fourth-order valence-corrected chi connectivity index (χ4v) is 5.53. The van der Waals surface area contributed by atoms with Crippen LogP contribution < -0.4 is 27.4 Å². The van der Waals surface area contributed by atoms with E-state index in [-0.39, 0.29) is 30.7 Å². The smallest absolute Gasteiger partial charge is 0.250 e. The fourth-order valence-electron chi connectivity index (χ4n) is 5.53. The molecule has 4 amide bonds. The minimum Gasteiger partial charge on any atom is -0.381 e. The van der Waals surface area contributed by atoms with Crippen LogP contribution in [0.3, 0.4) is 0 Å². The molecule has 0 aliphatic carbocycles. The molecule has 0 spiro atoms. The topological polar surface area (TPSA) is 192 Å². The third-order valence-corrected chi connectivity index (χ3v) is 7.86. The lowest BCUT2D eigenvalue weighted by molar-refractivity contribution is -0.142. The molecule has 1 aromatic rings. The van der Waals surface area contributed by atoms with Gasteiger partial charge in [-0.25, -0.2) is 0 Å². The molecule has 3 rings (SSSR count). The number of hydrogen-bond acceptors (Lipinski definition) is 6. The number of carbonyl (C=O) groups is 4. The number of aliphatic hydroxyl groups excluding tert-OH is 1. The summed E-state index contributed by atoms with van der Waals surface area (Å²) in [4.78, 5) is 58.5. The van der Waals surface area contributed by atoms with Gasteiger partial charge < -0.3 is 37.4 Å². The van der Waals surface area contributed by atoms with Gasteiger partial charge in [0.05, 0.1) is 6.04 Å². The zero-order chi connectivity index (χ0) is 30.3. The van der Waals surface area contributed by atoms with Gasteiger partial charge in [-0.2, -0.15) is 0 Å². The summed E-state index contributed by atoms with van der Waals surface area (Å²) in [5.41, 5.74) is 11.9. The molecule has 0 saturated carbocycles. The molecule has 2 aliphatic rings. The average Bonchev–Trinajstić information content (AvgIpc) is 3.47. The summed E-state index contributed by atoms with van der Waals surface area (Å²) < 4.78 is 0. The Hall–Kier alpha value is -3.67. The molecule has 2 heterocycles. The Balaban J connectivity index is 1.79. The number of guanidine groups is 1. The van der Waals surface area contributed by atoms with Gasteiger partial charge in [0.25, 0.3) is 5.91 Å². The van der Waals surface area contributed by atoms with Crippen LogP contribution in [-0.4, -0.2) is 83.5 Å².